The molecule has 0 aliphatic rings. The zero-order valence-corrected chi connectivity index (χ0v) is 19.0. The quantitative estimate of drug-likeness (QED) is 0.426. The van der Waals surface area contributed by atoms with Crippen LogP contribution in [0.2, 0.25) is 5.02 Å². The van der Waals surface area contributed by atoms with Crippen molar-refractivity contribution in [2.75, 3.05) is 4.31 Å². The minimum Gasteiger partial charge on any atom is -0.487 e. The predicted molar refractivity (Wildman–Crippen MR) is 122 cm³/mol. The fourth-order valence-electron chi connectivity index (χ4n) is 3.03. The maximum absolute atomic E-state index is 13.2. The lowest BCUT2D eigenvalue weighted by molar-refractivity contribution is -0.131. The fraction of sp³-hybridized carbons (Fsp3) is 0.174. The molecule has 0 fully saturated rings. The normalized spacial score (nSPS) is 11.8. The molecule has 0 saturated carbocycles. The number of ether oxygens (including phenoxy) is 1. The van der Waals surface area contributed by atoms with Crippen LogP contribution in [0.25, 0.3) is 6.08 Å². The van der Waals surface area contributed by atoms with Gasteiger partial charge in [-0.25, -0.2) is 4.79 Å². The van der Waals surface area contributed by atoms with E-state index < -0.39 is 22.0 Å². The molecule has 3 aromatic rings. The molecule has 0 bridgehead atoms. The number of furan rings is 1. The third kappa shape index (κ3) is 5.52. The largest absolute Gasteiger partial charge is 0.487 e. The molecular formula is C23H22ClNO6S. The van der Waals surface area contributed by atoms with E-state index in [0.717, 1.165) is 17.2 Å². The number of nitrogens with zero attached hydrogens (tertiary/aromatic N) is 1. The van der Waals surface area contributed by atoms with Crippen LogP contribution in [0.4, 0.5) is 5.69 Å². The highest BCUT2D eigenvalue weighted by Crippen LogP contribution is 2.36. The zero-order chi connectivity index (χ0) is 23.3. The van der Waals surface area contributed by atoms with Gasteiger partial charge in [0.05, 0.1) is 12.0 Å². The number of aliphatic carboxylic acids is 1. The number of anilines is 1. The van der Waals surface area contributed by atoms with Gasteiger partial charge in [0.2, 0.25) is 5.09 Å². The van der Waals surface area contributed by atoms with Crippen molar-refractivity contribution in [2.24, 2.45) is 0 Å². The second-order valence-corrected chi connectivity index (χ2v) is 9.32. The Labute approximate surface area is 191 Å². The Bertz CT molecular complexity index is 1200. The van der Waals surface area contributed by atoms with E-state index in [1.807, 2.05) is 0 Å². The minimum atomic E-state index is -3.96. The molecule has 168 valence electrons. The number of carboxylic acid groups (broad SMARTS) is 1. The molecule has 0 amide bonds. The first-order valence-electron chi connectivity index (χ1n) is 9.68. The summed E-state index contributed by atoms with van der Waals surface area (Å²) in [4.78, 5) is 10.6. The molecular weight excluding hydrogens is 454 g/mol. The maximum atomic E-state index is 13.2. The molecule has 1 aromatic heterocycles. The van der Waals surface area contributed by atoms with E-state index in [2.05, 4.69) is 0 Å². The zero-order valence-electron chi connectivity index (χ0n) is 17.4. The average Bonchev–Trinajstić information content (AvgIpc) is 3.28. The second-order valence-electron chi connectivity index (χ2n) is 7.14. The van der Waals surface area contributed by atoms with Gasteiger partial charge in [0.15, 0.2) is 0 Å². The highest BCUT2D eigenvalue weighted by atomic mass is 35.5. The Morgan fingerprint density at radius 2 is 1.91 bits per heavy atom. The molecule has 9 heteroatoms. The van der Waals surface area contributed by atoms with Crippen molar-refractivity contribution >= 4 is 39.4 Å². The lowest BCUT2D eigenvalue weighted by Gasteiger charge is -2.28. The third-order valence-electron chi connectivity index (χ3n) is 4.43. The summed E-state index contributed by atoms with van der Waals surface area (Å²) in [6.07, 6.45) is 3.85. The number of halogens is 1. The number of sulfonamides is 1. The predicted octanol–water partition coefficient (Wildman–Crippen LogP) is 5.21. The van der Waals surface area contributed by atoms with E-state index >= 15 is 0 Å². The topological polar surface area (TPSA) is 97.0 Å². The molecule has 0 radical (unpaired) electrons. The summed E-state index contributed by atoms with van der Waals surface area (Å²) in [5.74, 6) is -0.721. The molecule has 1 N–H and O–H groups in total. The SMILES string of the molecule is CC(C)N(c1ccc(Cl)cc1OCc1ccc(C=CC(=O)O)cc1)S(=O)(=O)c1ccco1. The first-order chi connectivity index (χ1) is 15.2. The highest BCUT2D eigenvalue weighted by Gasteiger charge is 2.32. The van der Waals surface area contributed by atoms with Gasteiger partial charge in [0, 0.05) is 23.2 Å². The lowest BCUT2D eigenvalue weighted by atomic mass is 10.1. The van der Waals surface area contributed by atoms with Crippen LogP contribution < -0.4 is 9.04 Å². The van der Waals surface area contributed by atoms with Crippen molar-refractivity contribution < 1.29 is 27.5 Å². The summed E-state index contributed by atoms with van der Waals surface area (Å²) in [5.41, 5.74) is 1.88. The molecule has 0 saturated heterocycles. The summed E-state index contributed by atoms with van der Waals surface area (Å²) in [6, 6.07) is 14.4. The average molecular weight is 476 g/mol. The molecule has 0 aliphatic carbocycles. The molecule has 3 rings (SSSR count). The van der Waals surface area contributed by atoms with E-state index in [1.54, 1.807) is 56.3 Å². The van der Waals surface area contributed by atoms with Crippen molar-refractivity contribution in [3.05, 3.63) is 83.1 Å². The Morgan fingerprint density at radius 3 is 2.50 bits per heavy atom. The molecule has 7 nitrogen and oxygen atoms in total. The van der Waals surface area contributed by atoms with E-state index in [9.17, 15) is 13.2 Å². The van der Waals surface area contributed by atoms with Crippen LogP contribution in [0.1, 0.15) is 25.0 Å². The van der Waals surface area contributed by atoms with Crippen LogP contribution in [-0.2, 0) is 21.4 Å². The van der Waals surface area contributed by atoms with Gasteiger partial charge in [-0.2, -0.15) is 8.42 Å². The Kier molecular flexibility index (Phi) is 7.27. The molecule has 0 aliphatic heterocycles. The summed E-state index contributed by atoms with van der Waals surface area (Å²) in [6.45, 7) is 3.66. The summed E-state index contributed by atoms with van der Waals surface area (Å²) in [7, 11) is -3.96. The number of carbonyl (C=O) groups is 1. The third-order valence-corrected chi connectivity index (χ3v) is 6.54. The van der Waals surface area contributed by atoms with Gasteiger partial charge in [0.1, 0.15) is 12.4 Å². The Balaban J connectivity index is 1.88. The monoisotopic (exact) mass is 475 g/mol. The smallest absolute Gasteiger partial charge is 0.328 e. The van der Waals surface area contributed by atoms with Gasteiger partial charge in [-0.05, 0) is 55.3 Å². The van der Waals surface area contributed by atoms with Gasteiger partial charge in [0.25, 0.3) is 10.0 Å². The number of hydrogen-bond donors (Lipinski definition) is 1. The van der Waals surface area contributed by atoms with Gasteiger partial charge in [-0.3, -0.25) is 4.31 Å². The van der Waals surface area contributed by atoms with E-state index in [0.29, 0.717) is 16.5 Å². The summed E-state index contributed by atoms with van der Waals surface area (Å²) in [5, 5.41) is 8.95. The molecule has 1 heterocycles. The van der Waals surface area contributed by atoms with Crippen molar-refractivity contribution in [1.29, 1.82) is 0 Å². The van der Waals surface area contributed by atoms with Crippen molar-refractivity contribution in [3.8, 4) is 5.75 Å². The van der Waals surface area contributed by atoms with Crippen LogP contribution in [0, 0.1) is 0 Å². The van der Waals surface area contributed by atoms with E-state index in [4.69, 9.17) is 25.9 Å². The highest BCUT2D eigenvalue weighted by molar-refractivity contribution is 7.92. The van der Waals surface area contributed by atoms with Gasteiger partial charge in [-0.1, -0.05) is 35.9 Å². The van der Waals surface area contributed by atoms with Crippen molar-refractivity contribution in [3.63, 3.8) is 0 Å². The first-order valence-corrected chi connectivity index (χ1v) is 11.5. The van der Waals surface area contributed by atoms with Gasteiger partial charge >= 0.3 is 5.97 Å². The molecule has 0 unspecified atom stereocenters. The van der Waals surface area contributed by atoms with E-state index in [1.165, 1.54) is 28.8 Å². The fourth-order valence-corrected chi connectivity index (χ4v) is 4.78. The van der Waals surface area contributed by atoms with Crippen LogP contribution in [0.3, 0.4) is 0 Å². The Morgan fingerprint density at radius 1 is 1.19 bits per heavy atom. The second kappa shape index (κ2) is 9.93. The first kappa shape index (κ1) is 23.4. The molecule has 0 spiro atoms. The molecule has 0 atom stereocenters. The number of rotatable bonds is 9. The van der Waals surface area contributed by atoms with Crippen LogP contribution >= 0.6 is 11.6 Å². The van der Waals surface area contributed by atoms with Crippen LogP contribution in [-0.4, -0.2) is 25.5 Å². The maximum Gasteiger partial charge on any atom is 0.328 e. The van der Waals surface area contributed by atoms with Crippen molar-refractivity contribution in [1.82, 2.24) is 0 Å². The number of carboxylic acids is 1. The van der Waals surface area contributed by atoms with Crippen molar-refractivity contribution in [2.45, 2.75) is 31.6 Å². The standard InChI is InChI=1S/C23H22ClNO6S/c1-16(2)25(32(28,29)23-4-3-13-30-23)20-11-10-19(24)14-21(20)31-15-18-7-5-17(6-8-18)9-12-22(26)27/h3-14,16H,15H2,1-2H3,(H,26,27). The molecule has 2 aromatic carbocycles. The van der Waals surface area contributed by atoms with Gasteiger partial charge in [-0.15, -0.1) is 0 Å². The van der Waals surface area contributed by atoms with Crippen LogP contribution in [0.5, 0.6) is 5.75 Å². The van der Waals surface area contributed by atoms with Gasteiger partial charge < -0.3 is 14.3 Å². The Hall–Kier alpha value is -3.23. The van der Waals surface area contributed by atoms with E-state index in [-0.39, 0.29) is 11.7 Å². The number of benzene rings is 2. The van der Waals surface area contributed by atoms with Crippen LogP contribution in [0.15, 0.2) is 76.4 Å². The molecule has 32 heavy (non-hydrogen) atoms. The minimum absolute atomic E-state index is 0.156. The summed E-state index contributed by atoms with van der Waals surface area (Å²) < 4.78 is 38.7. The lowest BCUT2D eigenvalue weighted by Crippen LogP contribution is -2.37. The number of hydrogen-bond acceptors (Lipinski definition) is 5. The summed E-state index contributed by atoms with van der Waals surface area (Å²) >= 11 is 6.16.